The molecule has 0 radical (unpaired) electrons. The van der Waals surface area contributed by atoms with E-state index >= 15 is 0 Å². The molecule has 0 amide bonds. The topological polar surface area (TPSA) is 23.5 Å². The van der Waals surface area contributed by atoms with Crippen molar-refractivity contribution in [1.29, 1.82) is 0 Å². The lowest BCUT2D eigenvalue weighted by molar-refractivity contribution is -0.0383. The number of aliphatic hydroxyl groups excluding tert-OH is 1. The summed E-state index contributed by atoms with van der Waals surface area (Å²) in [6.07, 6.45) is 4.39. The van der Waals surface area contributed by atoms with Gasteiger partial charge >= 0.3 is 0 Å². The molecule has 1 aromatic rings. The molecule has 1 aromatic carbocycles. The molecule has 0 aromatic heterocycles. The predicted molar refractivity (Wildman–Crippen MR) is 84.9 cm³/mol. The van der Waals surface area contributed by atoms with E-state index in [9.17, 15) is 9.50 Å². The van der Waals surface area contributed by atoms with Crippen LogP contribution in [0.25, 0.3) is 0 Å². The van der Waals surface area contributed by atoms with Gasteiger partial charge in [0.15, 0.2) is 0 Å². The molecule has 1 fully saturated rings. The lowest BCUT2D eigenvalue weighted by Gasteiger charge is -2.48. The Morgan fingerprint density at radius 3 is 2.52 bits per heavy atom. The first-order valence-corrected chi connectivity index (χ1v) is 7.95. The maximum Gasteiger partial charge on any atom is 0.123 e. The number of benzene rings is 1. The molecular weight excluding hydrogens is 265 g/mol. The molecule has 0 spiro atoms. The third-order valence-corrected chi connectivity index (χ3v) is 5.38. The molecule has 3 heteroatoms. The molecule has 0 bridgehead atoms. The normalized spacial score (nSPS) is 27.9. The summed E-state index contributed by atoms with van der Waals surface area (Å²) in [7, 11) is 4.11. The van der Waals surface area contributed by atoms with Crippen molar-refractivity contribution in [2.45, 2.75) is 57.6 Å². The zero-order chi connectivity index (χ0) is 15.6. The first kappa shape index (κ1) is 16.4. The Labute approximate surface area is 128 Å². The van der Waals surface area contributed by atoms with E-state index in [0.717, 1.165) is 42.7 Å². The van der Waals surface area contributed by atoms with E-state index in [-0.39, 0.29) is 11.4 Å². The summed E-state index contributed by atoms with van der Waals surface area (Å²) in [6.45, 7) is 4.26. The van der Waals surface area contributed by atoms with Crippen LogP contribution < -0.4 is 0 Å². The van der Waals surface area contributed by atoms with Crippen LogP contribution in [0.5, 0.6) is 0 Å². The van der Waals surface area contributed by atoms with Gasteiger partial charge in [-0.25, -0.2) is 4.39 Å². The Hall–Kier alpha value is -0.930. The van der Waals surface area contributed by atoms with Gasteiger partial charge < -0.3 is 10.0 Å². The summed E-state index contributed by atoms with van der Waals surface area (Å²) < 4.78 is 13.5. The zero-order valence-corrected chi connectivity index (χ0v) is 13.7. The highest BCUT2D eigenvalue weighted by molar-refractivity contribution is 5.28. The number of likely N-dealkylation sites (N-methyl/N-ethyl adjacent to an activating group) is 1. The summed E-state index contributed by atoms with van der Waals surface area (Å²) in [6, 6.07) is 4.84. The van der Waals surface area contributed by atoms with Gasteiger partial charge in [-0.15, -0.1) is 0 Å². The van der Waals surface area contributed by atoms with Gasteiger partial charge in [0, 0.05) is 12.0 Å². The number of halogens is 1. The Balaban J connectivity index is 2.19. The molecule has 1 unspecified atom stereocenters. The monoisotopic (exact) mass is 293 g/mol. The van der Waals surface area contributed by atoms with Gasteiger partial charge in [-0.2, -0.15) is 0 Å². The van der Waals surface area contributed by atoms with Crippen molar-refractivity contribution in [2.75, 3.05) is 14.1 Å². The number of rotatable bonds is 4. The highest BCUT2D eigenvalue weighted by Gasteiger charge is 2.42. The van der Waals surface area contributed by atoms with Crippen molar-refractivity contribution in [2.24, 2.45) is 5.92 Å². The minimum absolute atomic E-state index is 0.175. The first-order chi connectivity index (χ1) is 9.85. The minimum Gasteiger partial charge on any atom is -0.391 e. The standard InChI is InChI=1S/C18H28FNO/c1-13-7-9-18(10-8-13,20(3)4)17(21)12-15-11-16(19)6-5-14(15)2/h5-6,11,13,17,21H,7-10,12H2,1-4H3. The first-order valence-electron chi connectivity index (χ1n) is 7.95. The highest BCUT2D eigenvalue weighted by Crippen LogP contribution is 2.38. The Bertz CT molecular complexity index is 478. The average Bonchev–Trinajstić information content (AvgIpc) is 2.43. The van der Waals surface area contributed by atoms with Crippen LogP contribution in [0.4, 0.5) is 4.39 Å². The number of nitrogens with zero attached hydrogens (tertiary/aromatic N) is 1. The van der Waals surface area contributed by atoms with Crippen LogP contribution in [0.2, 0.25) is 0 Å². The van der Waals surface area contributed by atoms with Crippen LogP contribution in [0.3, 0.4) is 0 Å². The summed E-state index contributed by atoms with van der Waals surface area (Å²) in [4.78, 5) is 2.18. The quantitative estimate of drug-likeness (QED) is 0.917. The second-order valence-corrected chi connectivity index (χ2v) is 6.97. The Morgan fingerprint density at radius 2 is 1.95 bits per heavy atom. The minimum atomic E-state index is -0.458. The van der Waals surface area contributed by atoms with Gasteiger partial charge in [0.25, 0.3) is 0 Å². The SMILES string of the molecule is Cc1ccc(F)cc1CC(O)C1(N(C)C)CCC(C)CC1. The van der Waals surface area contributed by atoms with Crippen LogP contribution in [0.15, 0.2) is 18.2 Å². The van der Waals surface area contributed by atoms with E-state index in [0.29, 0.717) is 6.42 Å². The summed E-state index contributed by atoms with van der Waals surface area (Å²) in [5.41, 5.74) is 1.79. The van der Waals surface area contributed by atoms with Crippen LogP contribution in [0.1, 0.15) is 43.7 Å². The van der Waals surface area contributed by atoms with Gasteiger partial charge in [-0.1, -0.05) is 13.0 Å². The highest BCUT2D eigenvalue weighted by atomic mass is 19.1. The van der Waals surface area contributed by atoms with E-state index in [2.05, 4.69) is 25.9 Å². The number of aliphatic hydroxyl groups is 1. The fourth-order valence-corrected chi connectivity index (χ4v) is 3.60. The third-order valence-electron chi connectivity index (χ3n) is 5.38. The summed E-state index contributed by atoms with van der Waals surface area (Å²) >= 11 is 0. The molecule has 1 atom stereocenters. The molecule has 0 saturated heterocycles. The lowest BCUT2D eigenvalue weighted by atomic mass is 9.71. The summed E-state index contributed by atoms with van der Waals surface area (Å²) in [5.74, 6) is 0.514. The summed E-state index contributed by atoms with van der Waals surface area (Å²) in [5, 5.41) is 10.9. The van der Waals surface area contributed by atoms with Crippen molar-refractivity contribution in [3.05, 3.63) is 35.1 Å². The van der Waals surface area contributed by atoms with Crippen LogP contribution in [0, 0.1) is 18.7 Å². The van der Waals surface area contributed by atoms with Crippen molar-refractivity contribution in [3.8, 4) is 0 Å². The van der Waals surface area contributed by atoms with Crippen molar-refractivity contribution in [1.82, 2.24) is 4.90 Å². The molecule has 1 saturated carbocycles. The average molecular weight is 293 g/mol. The van der Waals surface area contributed by atoms with Gasteiger partial charge in [0.05, 0.1) is 6.10 Å². The van der Waals surface area contributed by atoms with Gasteiger partial charge in [0.1, 0.15) is 5.82 Å². The Kier molecular flexibility index (Phi) is 5.05. The van der Waals surface area contributed by atoms with E-state index in [4.69, 9.17) is 0 Å². The maximum absolute atomic E-state index is 13.5. The number of hydrogen-bond donors (Lipinski definition) is 1. The van der Waals surface area contributed by atoms with Crippen LogP contribution >= 0.6 is 0 Å². The van der Waals surface area contributed by atoms with Crippen LogP contribution in [-0.2, 0) is 6.42 Å². The van der Waals surface area contributed by atoms with Gasteiger partial charge in [-0.05, 0) is 75.9 Å². The second-order valence-electron chi connectivity index (χ2n) is 6.97. The third kappa shape index (κ3) is 3.46. The molecular formula is C18H28FNO. The van der Waals surface area contributed by atoms with Gasteiger partial charge in [0.2, 0.25) is 0 Å². The van der Waals surface area contributed by atoms with Gasteiger partial charge in [-0.3, -0.25) is 0 Å². The molecule has 2 rings (SSSR count). The van der Waals surface area contributed by atoms with E-state index in [1.165, 1.54) is 6.07 Å². The molecule has 1 N–H and O–H groups in total. The molecule has 0 heterocycles. The second kappa shape index (κ2) is 6.45. The van der Waals surface area contributed by atoms with Crippen molar-refractivity contribution in [3.63, 3.8) is 0 Å². The fourth-order valence-electron chi connectivity index (χ4n) is 3.60. The van der Waals surface area contributed by atoms with Crippen molar-refractivity contribution >= 4 is 0 Å². The zero-order valence-electron chi connectivity index (χ0n) is 13.7. The van der Waals surface area contributed by atoms with E-state index < -0.39 is 6.10 Å². The Morgan fingerprint density at radius 1 is 1.33 bits per heavy atom. The predicted octanol–water partition coefficient (Wildman–Crippen LogP) is 3.55. The molecule has 2 nitrogen and oxygen atoms in total. The number of aryl methyl sites for hydroxylation is 1. The van der Waals surface area contributed by atoms with Crippen molar-refractivity contribution < 1.29 is 9.50 Å². The van der Waals surface area contributed by atoms with E-state index in [1.54, 1.807) is 12.1 Å². The molecule has 118 valence electrons. The lowest BCUT2D eigenvalue weighted by Crippen LogP contribution is -2.56. The molecule has 1 aliphatic carbocycles. The molecule has 21 heavy (non-hydrogen) atoms. The maximum atomic E-state index is 13.5. The van der Waals surface area contributed by atoms with Crippen LogP contribution in [-0.4, -0.2) is 35.7 Å². The number of hydrogen-bond acceptors (Lipinski definition) is 2. The molecule has 0 aliphatic heterocycles. The largest absolute Gasteiger partial charge is 0.391 e. The smallest absolute Gasteiger partial charge is 0.123 e. The molecule has 1 aliphatic rings. The fraction of sp³-hybridized carbons (Fsp3) is 0.667. The van der Waals surface area contributed by atoms with E-state index in [1.807, 2.05) is 6.92 Å².